The van der Waals surface area contributed by atoms with E-state index in [1.165, 1.54) is 38.5 Å². The second-order valence-electron chi connectivity index (χ2n) is 6.84. The van der Waals surface area contributed by atoms with Crippen LogP contribution in [0.25, 0.3) is 0 Å². The highest BCUT2D eigenvalue weighted by atomic mass is 15.3. The topological polar surface area (TPSA) is 58.3 Å². The first kappa shape index (κ1) is 21.5. The average Bonchev–Trinajstić information content (AvgIpc) is 2.61. The Labute approximate surface area is 155 Å². The largest absolute Gasteiger partial charge is 0.383 e. The number of hydrogen-bond acceptors (Lipinski definition) is 5. The maximum Gasteiger partial charge on any atom is 0.229 e. The predicted octanol–water partition coefficient (Wildman–Crippen LogP) is 4.87. The highest BCUT2D eigenvalue weighted by Crippen LogP contribution is 2.21. The molecule has 1 aromatic heterocycles. The molecule has 0 atom stereocenters. The van der Waals surface area contributed by atoms with Gasteiger partial charge in [-0.1, -0.05) is 53.4 Å². The van der Waals surface area contributed by atoms with E-state index in [1.54, 1.807) is 0 Å². The van der Waals surface area contributed by atoms with Crippen molar-refractivity contribution in [3.05, 3.63) is 6.07 Å². The van der Waals surface area contributed by atoms with Crippen LogP contribution in [0, 0.1) is 0 Å². The number of anilines is 3. The van der Waals surface area contributed by atoms with E-state index >= 15 is 0 Å². The molecule has 1 aromatic rings. The maximum absolute atomic E-state index is 6.15. The lowest BCUT2D eigenvalue weighted by Crippen LogP contribution is -2.30. The lowest BCUT2D eigenvalue weighted by Gasteiger charge is -2.27. The van der Waals surface area contributed by atoms with Crippen molar-refractivity contribution in [2.45, 2.75) is 79.1 Å². The van der Waals surface area contributed by atoms with Crippen LogP contribution < -0.4 is 15.5 Å². The Bertz CT molecular complexity index is 409. The van der Waals surface area contributed by atoms with Crippen molar-refractivity contribution in [1.82, 2.24) is 9.97 Å². The van der Waals surface area contributed by atoms with E-state index in [1.807, 2.05) is 6.07 Å². The monoisotopic (exact) mass is 349 g/mol. The van der Waals surface area contributed by atoms with Crippen LogP contribution in [0.4, 0.5) is 17.6 Å². The molecular weight excluding hydrogens is 310 g/mol. The lowest BCUT2D eigenvalue weighted by atomic mass is 10.2. The fraction of sp³-hybridized carbons (Fsp3) is 0.800. The average molecular weight is 350 g/mol. The third-order valence-electron chi connectivity index (χ3n) is 4.45. The summed E-state index contributed by atoms with van der Waals surface area (Å²) >= 11 is 0. The standard InChI is InChI=1S/C20H39N5/c1-5-9-13-24(14-10-6-2)19-17-18(21)22-20(23-19)25(15-11-7-3)16-12-8-4/h17H,5-16H2,1-4H3,(H2,21,22,23). The van der Waals surface area contributed by atoms with Gasteiger partial charge in [0.2, 0.25) is 5.95 Å². The number of hydrogen-bond donors (Lipinski definition) is 1. The van der Waals surface area contributed by atoms with E-state index in [-0.39, 0.29) is 0 Å². The first-order valence-corrected chi connectivity index (χ1v) is 10.3. The zero-order valence-electron chi connectivity index (χ0n) is 16.9. The van der Waals surface area contributed by atoms with Crippen molar-refractivity contribution in [2.75, 3.05) is 41.7 Å². The molecule has 144 valence electrons. The predicted molar refractivity (Wildman–Crippen MR) is 111 cm³/mol. The van der Waals surface area contributed by atoms with Crippen LogP contribution >= 0.6 is 0 Å². The Kier molecular flexibility index (Phi) is 11.0. The molecular formula is C20H39N5. The first-order chi connectivity index (χ1) is 12.2. The van der Waals surface area contributed by atoms with E-state index in [0.29, 0.717) is 5.82 Å². The minimum atomic E-state index is 0.580. The number of unbranched alkanes of at least 4 members (excludes halogenated alkanes) is 4. The zero-order chi connectivity index (χ0) is 18.5. The second-order valence-corrected chi connectivity index (χ2v) is 6.84. The maximum atomic E-state index is 6.15. The third-order valence-corrected chi connectivity index (χ3v) is 4.45. The Morgan fingerprint density at radius 3 is 1.60 bits per heavy atom. The third kappa shape index (κ3) is 7.93. The molecule has 0 bridgehead atoms. The van der Waals surface area contributed by atoms with Crippen molar-refractivity contribution in [1.29, 1.82) is 0 Å². The van der Waals surface area contributed by atoms with Crippen molar-refractivity contribution in [2.24, 2.45) is 0 Å². The minimum absolute atomic E-state index is 0.580. The highest BCUT2D eigenvalue weighted by molar-refractivity contribution is 5.52. The summed E-state index contributed by atoms with van der Waals surface area (Å²) in [6.45, 7) is 13.0. The normalized spacial score (nSPS) is 10.9. The van der Waals surface area contributed by atoms with Gasteiger partial charge in [-0.3, -0.25) is 0 Å². The van der Waals surface area contributed by atoms with Gasteiger partial charge in [-0.05, 0) is 25.7 Å². The fourth-order valence-electron chi connectivity index (χ4n) is 2.79. The minimum Gasteiger partial charge on any atom is -0.383 e. The van der Waals surface area contributed by atoms with Crippen molar-refractivity contribution < 1.29 is 0 Å². The summed E-state index contributed by atoms with van der Waals surface area (Å²) in [5, 5.41) is 0. The molecule has 0 amide bonds. The molecule has 0 unspecified atom stereocenters. The number of nitrogens with two attached hydrogens (primary N) is 1. The SMILES string of the molecule is CCCCN(CCCC)c1cc(N)nc(N(CCCC)CCCC)n1. The Hall–Kier alpha value is -1.52. The number of nitrogen functional groups attached to an aromatic ring is 1. The molecule has 0 fully saturated rings. The molecule has 5 heteroatoms. The second kappa shape index (κ2) is 12.8. The van der Waals surface area contributed by atoms with Crippen LogP contribution in [0.3, 0.4) is 0 Å². The van der Waals surface area contributed by atoms with E-state index in [2.05, 4.69) is 42.5 Å². The molecule has 0 saturated heterocycles. The molecule has 5 nitrogen and oxygen atoms in total. The van der Waals surface area contributed by atoms with Crippen LogP contribution in [-0.4, -0.2) is 36.1 Å². The summed E-state index contributed by atoms with van der Waals surface area (Å²) in [7, 11) is 0. The van der Waals surface area contributed by atoms with Gasteiger partial charge in [0.1, 0.15) is 11.6 Å². The smallest absolute Gasteiger partial charge is 0.229 e. The summed E-state index contributed by atoms with van der Waals surface area (Å²) in [5.74, 6) is 2.37. The Morgan fingerprint density at radius 1 is 0.720 bits per heavy atom. The van der Waals surface area contributed by atoms with Gasteiger partial charge in [-0.25, -0.2) is 0 Å². The van der Waals surface area contributed by atoms with Crippen LogP contribution in [0.2, 0.25) is 0 Å². The molecule has 0 radical (unpaired) electrons. The van der Waals surface area contributed by atoms with Gasteiger partial charge in [0.25, 0.3) is 0 Å². The number of rotatable bonds is 14. The summed E-state index contributed by atoms with van der Waals surface area (Å²) in [5.41, 5.74) is 6.15. The summed E-state index contributed by atoms with van der Waals surface area (Å²) < 4.78 is 0. The number of aromatic nitrogens is 2. The van der Waals surface area contributed by atoms with Gasteiger partial charge in [-0.15, -0.1) is 0 Å². The van der Waals surface area contributed by atoms with Gasteiger partial charge in [0.05, 0.1) is 0 Å². The van der Waals surface area contributed by atoms with Gasteiger partial charge in [0, 0.05) is 32.2 Å². The molecule has 1 heterocycles. The molecule has 2 N–H and O–H groups in total. The summed E-state index contributed by atoms with van der Waals surface area (Å²) in [6, 6.07) is 1.94. The van der Waals surface area contributed by atoms with E-state index in [0.717, 1.165) is 50.8 Å². The quantitative estimate of drug-likeness (QED) is 0.519. The first-order valence-electron chi connectivity index (χ1n) is 10.3. The van der Waals surface area contributed by atoms with Gasteiger partial charge in [0.15, 0.2) is 0 Å². The van der Waals surface area contributed by atoms with Crippen LogP contribution in [0.1, 0.15) is 79.1 Å². The zero-order valence-corrected chi connectivity index (χ0v) is 16.9. The molecule has 0 spiro atoms. The van der Waals surface area contributed by atoms with Crippen molar-refractivity contribution in [3.8, 4) is 0 Å². The van der Waals surface area contributed by atoms with Gasteiger partial charge in [-0.2, -0.15) is 9.97 Å². The number of nitrogens with zero attached hydrogens (tertiary/aromatic N) is 4. The Morgan fingerprint density at radius 2 is 1.16 bits per heavy atom. The van der Waals surface area contributed by atoms with E-state index in [9.17, 15) is 0 Å². The molecule has 0 saturated carbocycles. The lowest BCUT2D eigenvalue weighted by molar-refractivity contribution is 0.653. The molecule has 0 aliphatic heterocycles. The van der Waals surface area contributed by atoms with E-state index in [4.69, 9.17) is 10.7 Å². The van der Waals surface area contributed by atoms with Crippen molar-refractivity contribution in [3.63, 3.8) is 0 Å². The molecule has 25 heavy (non-hydrogen) atoms. The highest BCUT2D eigenvalue weighted by Gasteiger charge is 2.14. The van der Waals surface area contributed by atoms with Crippen LogP contribution in [-0.2, 0) is 0 Å². The van der Waals surface area contributed by atoms with Crippen LogP contribution in [0.15, 0.2) is 6.07 Å². The fourth-order valence-corrected chi connectivity index (χ4v) is 2.79. The molecule has 0 aliphatic rings. The molecule has 0 aromatic carbocycles. The van der Waals surface area contributed by atoms with Crippen molar-refractivity contribution >= 4 is 17.6 Å². The van der Waals surface area contributed by atoms with Gasteiger partial charge < -0.3 is 15.5 Å². The van der Waals surface area contributed by atoms with E-state index < -0.39 is 0 Å². The summed E-state index contributed by atoms with van der Waals surface area (Å²) in [6.07, 6.45) is 9.41. The Balaban J connectivity index is 3.02. The summed E-state index contributed by atoms with van der Waals surface area (Å²) in [4.78, 5) is 14.1. The van der Waals surface area contributed by atoms with Crippen LogP contribution in [0.5, 0.6) is 0 Å². The molecule has 0 aliphatic carbocycles. The molecule has 1 rings (SSSR count). The van der Waals surface area contributed by atoms with Gasteiger partial charge >= 0.3 is 0 Å².